The Morgan fingerprint density at radius 3 is 3.00 bits per heavy atom. The highest BCUT2D eigenvalue weighted by atomic mass is 35.5. The molecule has 21 heavy (non-hydrogen) atoms. The van der Waals surface area contributed by atoms with Gasteiger partial charge in [0.2, 0.25) is 5.91 Å². The van der Waals surface area contributed by atoms with Gasteiger partial charge in [-0.05, 0) is 62.9 Å². The predicted octanol–water partition coefficient (Wildman–Crippen LogP) is 2.42. The number of nitrogens with two attached hydrogens (primary N) is 1. The van der Waals surface area contributed by atoms with Crippen molar-refractivity contribution in [1.29, 1.82) is 0 Å². The fourth-order valence-electron chi connectivity index (χ4n) is 2.89. The molecule has 1 aromatic carbocycles. The molecule has 5 heteroatoms. The molecule has 0 aromatic heterocycles. The normalized spacial score (nSPS) is 18.9. The summed E-state index contributed by atoms with van der Waals surface area (Å²) >= 11 is 0. The van der Waals surface area contributed by atoms with Crippen LogP contribution < -0.4 is 11.1 Å². The van der Waals surface area contributed by atoms with E-state index in [1.807, 2.05) is 31.2 Å². The van der Waals surface area contributed by atoms with Crippen LogP contribution in [-0.4, -0.2) is 37.0 Å². The van der Waals surface area contributed by atoms with E-state index in [1.165, 1.54) is 12.8 Å². The molecule has 1 saturated heterocycles. The van der Waals surface area contributed by atoms with Crippen LogP contribution >= 0.6 is 12.4 Å². The molecular formula is C16H26ClN3O. The summed E-state index contributed by atoms with van der Waals surface area (Å²) in [6, 6.07) is 7.91. The van der Waals surface area contributed by atoms with Crippen molar-refractivity contribution in [2.75, 3.05) is 31.5 Å². The first-order valence-corrected chi connectivity index (χ1v) is 7.46. The minimum Gasteiger partial charge on any atom is -0.330 e. The van der Waals surface area contributed by atoms with Crippen molar-refractivity contribution in [3.63, 3.8) is 0 Å². The van der Waals surface area contributed by atoms with E-state index in [-0.39, 0.29) is 18.3 Å². The lowest BCUT2D eigenvalue weighted by Crippen LogP contribution is -2.40. The van der Waals surface area contributed by atoms with Crippen LogP contribution in [0.2, 0.25) is 0 Å². The third-order valence-corrected chi connectivity index (χ3v) is 3.85. The number of halogens is 1. The van der Waals surface area contributed by atoms with Crippen LogP contribution in [0.25, 0.3) is 0 Å². The molecule has 118 valence electrons. The summed E-state index contributed by atoms with van der Waals surface area (Å²) in [5.41, 5.74) is 7.66. The molecule has 1 heterocycles. The van der Waals surface area contributed by atoms with Crippen LogP contribution in [0.4, 0.5) is 5.69 Å². The number of piperidine rings is 1. The van der Waals surface area contributed by atoms with Gasteiger partial charge in [0.15, 0.2) is 0 Å². The maximum absolute atomic E-state index is 12.1. The van der Waals surface area contributed by atoms with Crippen molar-refractivity contribution in [1.82, 2.24) is 4.90 Å². The number of carbonyl (C=O) groups excluding carboxylic acids is 1. The van der Waals surface area contributed by atoms with Crippen LogP contribution in [0.15, 0.2) is 24.3 Å². The van der Waals surface area contributed by atoms with Gasteiger partial charge in [-0.2, -0.15) is 0 Å². The minimum atomic E-state index is 0. The Kier molecular flexibility index (Phi) is 7.72. The van der Waals surface area contributed by atoms with Crippen molar-refractivity contribution in [2.45, 2.75) is 26.2 Å². The first-order valence-electron chi connectivity index (χ1n) is 7.46. The van der Waals surface area contributed by atoms with Crippen LogP contribution in [0, 0.1) is 12.8 Å². The Bertz CT molecular complexity index is 451. The van der Waals surface area contributed by atoms with Gasteiger partial charge >= 0.3 is 0 Å². The molecule has 0 radical (unpaired) electrons. The molecule has 2 rings (SSSR count). The van der Waals surface area contributed by atoms with Gasteiger partial charge in [0.05, 0.1) is 6.54 Å². The number of hydrogen-bond donors (Lipinski definition) is 2. The smallest absolute Gasteiger partial charge is 0.238 e. The number of hydrogen-bond acceptors (Lipinski definition) is 3. The van der Waals surface area contributed by atoms with E-state index in [0.717, 1.165) is 37.3 Å². The predicted molar refractivity (Wildman–Crippen MR) is 89.9 cm³/mol. The van der Waals surface area contributed by atoms with Crippen molar-refractivity contribution in [3.8, 4) is 0 Å². The second kappa shape index (κ2) is 9.03. The fourth-order valence-corrected chi connectivity index (χ4v) is 2.89. The lowest BCUT2D eigenvalue weighted by atomic mass is 9.95. The van der Waals surface area contributed by atoms with Crippen LogP contribution in [0.1, 0.15) is 24.8 Å². The standard InChI is InChI=1S/C16H25N3O.ClH/c1-13-4-2-6-15(10-13)18-16(20)12-19-9-3-5-14(11-19)7-8-17;/h2,4,6,10,14H,3,5,7-9,11-12,17H2,1H3,(H,18,20);1H. The van der Waals surface area contributed by atoms with Gasteiger partial charge in [-0.25, -0.2) is 0 Å². The van der Waals surface area contributed by atoms with Gasteiger partial charge in [0.25, 0.3) is 0 Å². The first kappa shape index (κ1) is 18.0. The lowest BCUT2D eigenvalue weighted by molar-refractivity contribution is -0.117. The van der Waals surface area contributed by atoms with Gasteiger partial charge in [-0.3, -0.25) is 9.69 Å². The first-order chi connectivity index (χ1) is 9.67. The Balaban J connectivity index is 0.00000220. The topological polar surface area (TPSA) is 58.4 Å². The number of nitrogens with one attached hydrogen (secondary N) is 1. The monoisotopic (exact) mass is 311 g/mol. The Hall–Kier alpha value is -1.10. The molecule has 1 fully saturated rings. The van der Waals surface area contributed by atoms with E-state index < -0.39 is 0 Å². The third kappa shape index (κ3) is 6.04. The number of likely N-dealkylation sites (tertiary alicyclic amines) is 1. The Morgan fingerprint density at radius 1 is 1.48 bits per heavy atom. The van der Waals surface area contributed by atoms with Crippen LogP contribution in [0.5, 0.6) is 0 Å². The number of carbonyl (C=O) groups is 1. The van der Waals surface area contributed by atoms with Gasteiger partial charge in [-0.1, -0.05) is 12.1 Å². The molecule has 0 bridgehead atoms. The number of benzene rings is 1. The Labute approximate surface area is 133 Å². The summed E-state index contributed by atoms with van der Waals surface area (Å²) in [5.74, 6) is 0.726. The summed E-state index contributed by atoms with van der Waals surface area (Å²) in [6.45, 7) is 5.27. The number of amides is 1. The summed E-state index contributed by atoms with van der Waals surface area (Å²) in [7, 11) is 0. The van der Waals surface area contributed by atoms with Crippen molar-refractivity contribution < 1.29 is 4.79 Å². The zero-order valence-electron chi connectivity index (χ0n) is 12.7. The molecule has 3 N–H and O–H groups in total. The average molecular weight is 312 g/mol. The molecular weight excluding hydrogens is 286 g/mol. The zero-order chi connectivity index (χ0) is 14.4. The average Bonchev–Trinajstić information content (AvgIpc) is 2.39. The number of aryl methyl sites for hydroxylation is 1. The molecule has 1 unspecified atom stereocenters. The van der Waals surface area contributed by atoms with E-state index in [4.69, 9.17) is 5.73 Å². The van der Waals surface area contributed by atoms with E-state index in [2.05, 4.69) is 10.2 Å². The Morgan fingerprint density at radius 2 is 2.29 bits per heavy atom. The highest BCUT2D eigenvalue weighted by Crippen LogP contribution is 2.19. The summed E-state index contributed by atoms with van der Waals surface area (Å²) in [4.78, 5) is 14.3. The molecule has 1 atom stereocenters. The summed E-state index contributed by atoms with van der Waals surface area (Å²) in [5, 5.41) is 2.97. The van der Waals surface area contributed by atoms with Crippen molar-refractivity contribution >= 4 is 24.0 Å². The maximum atomic E-state index is 12.1. The molecule has 4 nitrogen and oxygen atoms in total. The molecule has 0 saturated carbocycles. The van der Waals surface area contributed by atoms with Crippen molar-refractivity contribution in [2.24, 2.45) is 11.7 Å². The highest BCUT2D eigenvalue weighted by molar-refractivity contribution is 5.92. The number of anilines is 1. The van der Waals surface area contributed by atoms with Gasteiger partial charge < -0.3 is 11.1 Å². The van der Waals surface area contributed by atoms with E-state index in [0.29, 0.717) is 12.5 Å². The quantitative estimate of drug-likeness (QED) is 0.878. The van der Waals surface area contributed by atoms with Crippen LogP contribution in [0.3, 0.4) is 0 Å². The maximum Gasteiger partial charge on any atom is 0.238 e. The molecule has 1 aromatic rings. The number of rotatable bonds is 5. The highest BCUT2D eigenvalue weighted by Gasteiger charge is 2.20. The zero-order valence-corrected chi connectivity index (χ0v) is 13.5. The lowest BCUT2D eigenvalue weighted by Gasteiger charge is -2.32. The second-order valence-corrected chi connectivity index (χ2v) is 5.74. The summed E-state index contributed by atoms with van der Waals surface area (Å²) in [6.07, 6.45) is 3.48. The fraction of sp³-hybridized carbons (Fsp3) is 0.562. The molecule has 1 aliphatic rings. The molecule has 0 aliphatic carbocycles. The second-order valence-electron chi connectivity index (χ2n) is 5.74. The van der Waals surface area contributed by atoms with E-state index in [9.17, 15) is 4.79 Å². The van der Waals surface area contributed by atoms with Crippen molar-refractivity contribution in [3.05, 3.63) is 29.8 Å². The largest absolute Gasteiger partial charge is 0.330 e. The molecule has 0 spiro atoms. The molecule has 1 aliphatic heterocycles. The van der Waals surface area contributed by atoms with E-state index >= 15 is 0 Å². The van der Waals surface area contributed by atoms with Gasteiger partial charge in [0.1, 0.15) is 0 Å². The van der Waals surface area contributed by atoms with Gasteiger partial charge in [-0.15, -0.1) is 12.4 Å². The minimum absolute atomic E-state index is 0. The van der Waals surface area contributed by atoms with E-state index in [1.54, 1.807) is 0 Å². The number of nitrogens with zero attached hydrogens (tertiary/aromatic N) is 1. The summed E-state index contributed by atoms with van der Waals surface area (Å²) < 4.78 is 0. The van der Waals surface area contributed by atoms with Crippen LogP contribution in [-0.2, 0) is 4.79 Å². The SMILES string of the molecule is Cc1cccc(NC(=O)CN2CCCC(CCN)C2)c1.Cl. The molecule has 1 amide bonds. The third-order valence-electron chi connectivity index (χ3n) is 3.85. The van der Waals surface area contributed by atoms with Gasteiger partial charge in [0, 0.05) is 12.2 Å².